The van der Waals surface area contributed by atoms with Crippen LogP contribution in [0.25, 0.3) is 0 Å². The Morgan fingerprint density at radius 3 is 1.67 bits per heavy atom. The Bertz CT molecular complexity index is 507. The van der Waals surface area contributed by atoms with E-state index in [1.165, 1.54) is 77.0 Å². The fourth-order valence-electron chi connectivity index (χ4n) is 4.03. The summed E-state index contributed by atoms with van der Waals surface area (Å²) in [7, 11) is 0. The average Bonchev–Trinajstić information content (AvgIpc) is 2.81. The number of esters is 1. The molecule has 1 atom stereocenters. The van der Waals surface area contributed by atoms with Crippen molar-refractivity contribution in [2.45, 2.75) is 143 Å². The Balaban J connectivity index is 4.04. The minimum atomic E-state index is -0.627. The van der Waals surface area contributed by atoms with Crippen molar-refractivity contribution in [1.29, 1.82) is 0 Å². The second-order valence-corrected chi connectivity index (χ2v) is 9.33. The highest BCUT2D eigenvalue weighted by Crippen LogP contribution is 2.16. The number of ketones is 1. The molecule has 3 heteroatoms. The summed E-state index contributed by atoms with van der Waals surface area (Å²) in [6, 6.07) is 0. The van der Waals surface area contributed by atoms with Gasteiger partial charge in [-0.3, -0.25) is 9.59 Å². The molecule has 0 saturated carbocycles. The van der Waals surface area contributed by atoms with Crippen molar-refractivity contribution in [3.8, 4) is 0 Å². The van der Waals surface area contributed by atoms with Gasteiger partial charge in [-0.1, -0.05) is 116 Å². The van der Waals surface area contributed by atoms with Crippen LogP contribution in [0.15, 0.2) is 24.3 Å². The molecule has 1 unspecified atom stereocenters. The van der Waals surface area contributed by atoms with Gasteiger partial charge in [0.25, 0.3) is 0 Å². The van der Waals surface area contributed by atoms with Crippen molar-refractivity contribution < 1.29 is 14.3 Å². The van der Waals surface area contributed by atoms with Gasteiger partial charge in [-0.15, -0.1) is 0 Å². The Morgan fingerprint density at radius 2 is 1.09 bits per heavy atom. The van der Waals surface area contributed by atoms with Crippen LogP contribution in [-0.4, -0.2) is 18.4 Å². The molecule has 0 aromatic carbocycles. The minimum absolute atomic E-state index is 0.0803. The van der Waals surface area contributed by atoms with E-state index in [1.807, 2.05) is 6.08 Å². The van der Waals surface area contributed by atoms with Gasteiger partial charge in [0.2, 0.25) is 0 Å². The third-order valence-corrected chi connectivity index (χ3v) is 6.18. The third-order valence-electron chi connectivity index (χ3n) is 6.18. The maximum atomic E-state index is 12.6. The van der Waals surface area contributed by atoms with E-state index < -0.39 is 5.92 Å². The zero-order chi connectivity index (χ0) is 24.4. The molecular formula is C30H54O3. The van der Waals surface area contributed by atoms with E-state index in [0.717, 1.165) is 38.5 Å². The summed E-state index contributed by atoms with van der Waals surface area (Å²) in [6.45, 7) is 6.60. The lowest BCUT2D eigenvalue weighted by molar-refractivity contribution is -0.150. The van der Waals surface area contributed by atoms with Gasteiger partial charge in [-0.25, -0.2) is 0 Å². The van der Waals surface area contributed by atoms with Crippen LogP contribution in [0.2, 0.25) is 0 Å². The molecule has 3 nitrogen and oxygen atoms in total. The van der Waals surface area contributed by atoms with Crippen molar-refractivity contribution in [3.63, 3.8) is 0 Å². The third kappa shape index (κ3) is 20.9. The number of unbranched alkanes of at least 4 members (excludes halogenated alkanes) is 15. The molecule has 0 rings (SSSR count). The number of hydrogen-bond acceptors (Lipinski definition) is 3. The number of carbonyl (C=O) groups excluding carboxylic acids is 2. The van der Waals surface area contributed by atoms with Crippen LogP contribution >= 0.6 is 0 Å². The summed E-state index contributed by atoms with van der Waals surface area (Å²) in [5, 5.41) is 0. The number of hydrogen-bond donors (Lipinski definition) is 0. The Kier molecular flexibility index (Phi) is 24.2. The largest absolute Gasteiger partial charge is 0.465 e. The minimum Gasteiger partial charge on any atom is -0.465 e. The van der Waals surface area contributed by atoms with Crippen molar-refractivity contribution in [3.05, 3.63) is 24.3 Å². The van der Waals surface area contributed by atoms with Crippen LogP contribution < -0.4 is 0 Å². The normalized spacial score (nSPS) is 12.6. The quantitative estimate of drug-likeness (QED) is 0.0472. The first kappa shape index (κ1) is 31.6. The van der Waals surface area contributed by atoms with E-state index in [9.17, 15) is 9.59 Å². The maximum Gasteiger partial charge on any atom is 0.316 e. The maximum absolute atomic E-state index is 12.6. The van der Waals surface area contributed by atoms with Gasteiger partial charge >= 0.3 is 5.97 Å². The van der Waals surface area contributed by atoms with Crippen LogP contribution in [0.4, 0.5) is 0 Å². The summed E-state index contributed by atoms with van der Waals surface area (Å²) in [6.07, 6.45) is 30.6. The van der Waals surface area contributed by atoms with Crippen molar-refractivity contribution in [1.82, 2.24) is 0 Å². The molecule has 0 aliphatic rings. The number of allylic oxidation sites excluding steroid dienone is 4. The highest BCUT2D eigenvalue weighted by Gasteiger charge is 2.25. The first-order valence-corrected chi connectivity index (χ1v) is 14.2. The monoisotopic (exact) mass is 462 g/mol. The van der Waals surface area contributed by atoms with Gasteiger partial charge in [-0.2, -0.15) is 0 Å². The average molecular weight is 463 g/mol. The van der Waals surface area contributed by atoms with Crippen molar-refractivity contribution in [2.24, 2.45) is 5.92 Å². The molecule has 33 heavy (non-hydrogen) atoms. The zero-order valence-electron chi connectivity index (χ0n) is 22.3. The van der Waals surface area contributed by atoms with Crippen molar-refractivity contribution in [2.75, 3.05) is 6.61 Å². The predicted octanol–water partition coefficient (Wildman–Crippen LogP) is 9.30. The topological polar surface area (TPSA) is 43.4 Å². The SMILES string of the molecule is CCCCC=CCCCCCCC(C(=O)C=CCCCCCCCCCCC)C(=O)OCC. The summed E-state index contributed by atoms with van der Waals surface area (Å²) >= 11 is 0. The van der Waals surface area contributed by atoms with Gasteiger partial charge in [0.1, 0.15) is 5.92 Å². The van der Waals surface area contributed by atoms with Crippen molar-refractivity contribution >= 4 is 11.8 Å². The van der Waals surface area contributed by atoms with Crippen LogP contribution in [0.5, 0.6) is 0 Å². The summed E-state index contributed by atoms with van der Waals surface area (Å²) in [4.78, 5) is 24.9. The fraction of sp³-hybridized carbons (Fsp3) is 0.800. The van der Waals surface area contributed by atoms with E-state index in [2.05, 4.69) is 26.0 Å². The number of rotatable bonds is 24. The molecule has 0 aliphatic heterocycles. The van der Waals surface area contributed by atoms with Gasteiger partial charge < -0.3 is 4.74 Å². The van der Waals surface area contributed by atoms with E-state index in [-0.39, 0.29) is 11.8 Å². The highest BCUT2D eigenvalue weighted by molar-refractivity contribution is 6.04. The molecule has 0 bridgehead atoms. The van der Waals surface area contributed by atoms with Crippen LogP contribution in [0.1, 0.15) is 143 Å². The van der Waals surface area contributed by atoms with Gasteiger partial charge in [-0.05, 0) is 51.5 Å². The second kappa shape index (κ2) is 25.2. The first-order chi connectivity index (χ1) is 16.2. The first-order valence-electron chi connectivity index (χ1n) is 14.2. The molecule has 192 valence electrons. The fourth-order valence-corrected chi connectivity index (χ4v) is 4.03. The van der Waals surface area contributed by atoms with E-state index in [1.54, 1.807) is 13.0 Å². The van der Waals surface area contributed by atoms with E-state index >= 15 is 0 Å². The molecule has 0 heterocycles. The molecule has 0 N–H and O–H groups in total. The highest BCUT2D eigenvalue weighted by atomic mass is 16.5. The smallest absolute Gasteiger partial charge is 0.316 e. The zero-order valence-corrected chi connectivity index (χ0v) is 22.3. The molecule has 0 aromatic heterocycles. The molecule has 0 saturated heterocycles. The lowest BCUT2D eigenvalue weighted by Crippen LogP contribution is -2.25. The van der Waals surface area contributed by atoms with Crippen LogP contribution in [0.3, 0.4) is 0 Å². The van der Waals surface area contributed by atoms with Gasteiger partial charge in [0, 0.05) is 0 Å². The molecule has 0 aromatic rings. The van der Waals surface area contributed by atoms with E-state index in [4.69, 9.17) is 4.74 Å². The van der Waals surface area contributed by atoms with Gasteiger partial charge in [0.15, 0.2) is 5.78 Å². The van der Waals surface area contributed by atoms with E-state index in [0.29, 0.717) is 13.0 Å². The summed E-state index contributed by atoms with van der Waals surface area (Å²) in [5.41, 5.74) is 0. The number of carbonyl (C=O) groups is 2. The van der Waals surface area contributed by atoms with Gasteiger partial charge in [0.05, 0.1) is 6.61 Å². The lowest BCUT2D eigenvalue weighted by Gasteiger charge is -2.12. The van der Waals surface area contributed by atoms with Crippen LogP contribution in [-0.2, 0) is 14.3 Å². The Morgan fingerprint density at radius 1 is 0.606 bits per heavy atom. The summed E-state index contributed by atoms with van der Waals surface area (Å²) < 4.78 is 5.17. The Labute approximate surface area is 205 Å². The molecule has 0 amide bonds. The van der Waals surface area contributed by atoms with Crippen LogP contribution in [0, 0.1) is 5.92 Å². The Hall–Kier alpha value is -1.38. The number of ether oxygens (including phenoxy) is 1. The standard InChI is InChI=1S/C30H54O3/c1-4-7-9-11-13-15-17-19-21-23-25-27-29(31)28(30(32)33-6-3)26-24-22-20-18-16-14-12-10-8-5-2/h12,14,25,27-28H,4-11,13,15-24,26H2,1-3H3. The molecule has 0 fully saturated rings. The predicted molar refractivity (Wildman–Crippen MR) is 142 cm³/mol. The molecule has 0 spiro atoms. The molecule has 0 aliphatic carbocycles. The summed E-state index contributed by atoms with van der Waals surface area (Å²) in [5.74, 6) is -1.06. The lowest BCUT2D eigenvalue weighted by atomic mass is 9.95. The second-order valence-electron chi connectivity index (χ2n) is 9.33. The molecular weight excluding hydrogens is 408 g/mol. The molecule has 0 radical (unpaired) electrons.